The van der Waals surface area contributed by atoms with E-state index in [1.165, 1.54) is 18.2 Å². The molecule has 1 amide bonds. The fourth-order valence-corrected chi connectivity index (χ4v) is 2.59. The predicted molar refractivity (Wildman–Crippen MR) is 98.5 cm³/mol. The van der Waals surface area contributed by atoms with Gasteiger partial charge in [0, 0.05) is 17.7 Å². The van der Waals surface area contributed by atoms with Gasteiger partial charge in [-0.15, -0.1) is 0 Å². The number of rotatable bonds is 5. The summed E-state index contributed by atoms with van der Waals surface area (Å²) in [5.74, 6) is -1.50. The van der Waals surface area contributed by atoms with Gasteiger partial charge >= 0.3 is 5.97 Å². The first-order valence-electron chi connectivity index (χ1n) is 7.15. The van der Waals surface area contributed by atoms with E-state index in [0.29, 0.717) is 0 Å². The molecule has 0 aromatic heterocycles. The Hall–Kier alpha value is -2.35. The molecule has 0 spiro atoms. The molecule has 7 nitrogen and oxygen atoms in total. The minimum absolute atomic E-state index is 0.0853. The smallest absolute Gasteiger partial charge is 0.338 e. The molecule has 0 aliphatic heterocycles. The van der Waals surface area contributed by atoms with Gasteiger partial charge in [-0.2, -0.15) is 0 Å². The van der Waals surface area contributed by atoms with Crippen molar-refractivity contribution in [2.45, 2.75) is 6.92 Å². The summed E-state index contributed by atoms with van der Waals surface area (Å²) >= 11 is 17.7. The van der Waals surface area contributed by atoms with E-state index in [9.17, 15) is 19.7 Å². The number of nitro benzene ring substituents is 1. The van der Waals surface area contributed by atoms with Crippen molar-refractivity contribution >= 4 is 58.1 Å². The first kappa shape index (κ1) is 20.0. The second-order valence-electron chi connectivity index (χ2n) is 4.95. The molecule has 0 heterocycles. The molecule has 2 aromatic carbocycles. The molecular formula is C16H11Cl3N2O5. The fourth-order valence-electron chi connectivity index (χ4n) is 1.99. The largest absolute Gasteiger partial charge is 0.462 e. The quantitative estimate of drug-likeness (QED) is 0.320. The van der Waals surface area contributed by atoms with Gasteiger partial charge in [0.1, 0.15) is 0 Å². The highest BCUT2D eigenvalue weighted by atomic mass is 35.5. The monoisotopic (exact) mass is 416 g/mol. The maximum Gasteiger partial charge on any atom is 0.338 e. The average Bonchev–Trinajstić information content (AvgIpc) is 2.59. The van der Waals surface area contributed by atoms with E-state index in [0.717, 1.165) is 12.1 Å². The molecule has 0 aliphatic rings. The number of benzene rings is 2. The van der Waals surface area contributed by atoms with Gasteiger partial charge in [-0.3, -0.25) is 14.9 Å². The summed E-state index contributed by atoms with van der Waals surface area (Å²) in [6, 6.07) is 5.93. The van der Waals surface area contributed by atoms with Gasteiger partial charge in [-0.1, -0.05) is 34.8 Å². The van der Waals surface area contributed by atoms with E-state index >= 15 is 0 Å². The molecule has 0 aliphatic carbocycles. The third kappa shape index (κ3) is 4.63. The second kappa shape index (κ2) is 8.35. The number of ether oxygens (including phenoxy) is 1. The molecule has 2 aromatic rings. The number of hydrogen-bond acceptors (Lipinski definition) is 5. The second-order valence-corrected chi connectivity index (χ2v) is 6.17. The molecular weight excluding hydrogens is 407 g/mol. The normalized spacial score (nSPS) is 10.3. The van der Waals surface area contributed by atoms with Crippen LogP contribution in [0.25, 0.3) is 0 Å². The fraction of sp³-hybridized carbons (Fsp3) is 0.125. The Kier molecular flexibility index (Phi) is 6.42. The topological polar surface area (TPSA) is 98.5 Å². The number of carbonyl (C=O) groups excluding carboxylic acids is 2. The Bertz CT molecular complexity index is 902. The standard InChI is InChI=1S/C16H11Cl3N2O5/c1-2-26-16(23)9-3-8(4-10(5-9)21(24)25)15(22)20-14-7-12(18)11(17)6-13(14)19/h3-7H,2H2,1H3,(H,20,22). The molecule has 0 fully saturated rings. The maximum atomic E-state index is 12.4. The van der Waals surface area contributed by atoms with Gasteiger partial charge in [-0.25, -0.2) is 4.79 Å². The number of anilines is 1. The number of non-ortho nitro benzene ring substituents is 1. The van der Waals surface area contributed by atoms with E-state index in [-0.39, 0.29) is 38.5 Å². The van der Waals surface area contributed by atoms with Gasteiger partial charge < -0.3 is 10.1 Å². The van der Waals surface area contributed by atoms with E-state index in [1.54, 1.807) is 6.92 Å². The molecule has 136 valence electrons. The van der Waals surface area contributed by atoms with Crippen molar-refractivity contribution in [2.24, 2.45) is 0 Å². The molecule has 0 unspecified atom stereocenters. The van der Waals surface area contributed by atoms with Crippen molar-refractivity contribution in [3.8, 4) is 0 Å². The molecule has 10 heteroatoms. The van der Waals surface area contributed by atoms with E-state index in [4.69, 9.17) is 39.5 Å². The van der Waals surface area contributed by atoms with Gasteiger partial charge in [-0.05, 0) is 25.1 Å². The van der Waals surface area contributed by atoms with Crippen LogP contribution < -0.4 is 5.32 Å². The van der Waals surface area contributed by atoms with Gasteiger partial charge in [0.05, 0.1) is 37.8 Å². The molecule has 0 saturated carbocycles. The number of esters is 1. The summed E-state index contributed by atoms with van der Waals surface area (Å²) in [7, 11) is 0. The Morgan fingerprint density at radius 2 is 1.65 bits per heavy atom. The van der Waals surface area contributed by atoms with Gasteiger partial charge in [0.2, 0.25) is 0 Å². The zero-order chi connectivity index (χ0) is 19.4. The first-order chi connectivity index (χ1) is 12.2. The molecule has 0 radical (unpaired) electrons. The molecule has 1 N–H and O–H groups in total. The third-order valence-electron chi connectivity index (χ3n) is 3.16. The van der Waals surface area contributed by atoms with Crippen LogP contribution in [0.1, 0.15) is 27.6 Å². The Morgan fingerprint density at radius 1 is 1.04 bits per heavy atom. The molecule has 0 bridgehead atoms. The SMILES string of the molecule is CCOC(=O)c1cc(C(=O)Nc2cc(Cl)c(Cl)cc2Cl)cc([N+](=O)[O-])c1. The summed E-state index contributed by atoms with van der Waals surface area (Å²) < 4.78 is 4.82. The van der Waals surface area contributed by atoms with Crippen molar-refractivity contribution in [3.05, 3.63) is 66.6 Å². The number of hydrogen-bond donors (Lipinski definition) is 1. The Morgan fingerprint density at radius 3 is 2.27 bits per heavy atom. The molecule has 0 atom stereocenters. The lowest BCUT2D eigenvalue weighted by atomic mass is 10.1. The number of nitrogens with one attached hydrogen (secondary N) is 1. The first-order valence-corrected chi connectivity index (χ1v) is 8.28. The van der Waals surface area contributed by atoms with Crippen molar-refractivity contribution in [1.29, 1.82) is 0 Å². The van der Waals surface area contributed by atoms with Crippen LogP contribution in [0.3, 0.4) is 0 Å². The molecule has 2 rings (SSSR count). The summed E-state index contributed by atoms with van der Waals surface area (Å²) in [5, 5.41) is 14.0. The summed E-state index contributed by atoms with van der Waals surface area (Å²) in [6.45, 7) is 1.68. The van der Waals surface area contributed by atoms with Gasteiger partial charge in [0.15, 0.2) is 0 Å². The van der Waals surface area contributed by atoms with Crippen LogP contribution in [0.15, 0.2) is 30.3 Å². The highest BCUT2D eigenvalue weighted by Gasteiger charge is 2.19. The summed E-state index contributed by atoms with van der Waals surface area (Å²) in [6.07, 6.45) is 0. The maximum absolute atomic E-state index is 12.4. The lowest BCUT2D eigenvalue weighted by molar-refractivity contribution is -0.384. The van der Waals surface area contributed by atoms with Crippen LogP contribution in [0, 0.1) is 10.1 Å². The summed E-state index contributed by atoms with van der Waals surface area (Å²) in [4.78, 5) is 34.7. The van der Waals surface area contributed by atoms with Crippen LogP contribution in [-0.2, 0) is 4.74 Å². The van der Waals surface area contributed by atoms with Crippen molar-refractivity contribution in [1.82, 2.24) is 0 Å². The Balaban J connectivity index is 2.40. The highest BCUT2D eigenvalue weighted by Crippen LogP contribution is 2.32. The minimum atomic E-state index is -0.780. The highest BCUT2D eigenvalue weighted by molar-refractivity contribution is 6.44. The predicted octanol–water partition coefficient (Wildman–Crippen LogP) is 4.98. The van der Waals surface area contributed by atoms with Crippen molar-refractivity contribution in [2.75, 3.05) is 11.9 Å². The van der Waals surface area contributed by atoms with Crippen molar-refractivity contribution < 1.29 is 19.2 Å². The van der Waals surface area contributed by atoms with Crippen molar-refractivity contribution in [3.63, 3.8) is 0 Å². The average molecular weight is 418 g/mol. The van der Waals surface area contributed by atoms with E-state index in [1.807, 2.05) is 0 Å². The van der Waals surface area contributed by atoms with Crippen LogP contribution in [0.2, 0.25) is 15.1 Å². The Labute approximate surface area is 162 Å². The van der Waals surface area contributed by atoms with E-state index < -0.39 is 22.5 Å². The zero-order valence-electron chi connectivity index (χ0n) is 13.2. The van der Waals surface area contributed by atoms with Crippen LogP contribution in [-0.4, -0.2) is 23.4 Å². The minimum Gasteiger partial charge on any atom is -0.462 e. The van der Waals surface area contributed by atoms with Crippen LogP contribution >= 0.6 is 34.8 Å². The summed E-state index contributed by atoms with van der Waals surface area (Å²) in [5.41, 5.74) is -0.507. The molecule has 0 saturated heterocycles. The van der Waals surface area contributed by atoms with E-state index in [2.05, 4.69) is 5.32 Å². The van der Waals surface area contributed by atoms with Crippen LogP contribution in [0.4, 0.5) is 11.4 Å². The number of amides is 1. The lowest BCUT2D eigenvalue weighted by Crippen LogP contribution is -2.14. The zero-order valence-corrected chi connectivity index (χ0v) is 15.5. The van der Waals surface area contributed by atoms with Crippen LogP contribution in [0.5, 0.6) is 0 Å². The number of nitrogens with zero attached hydrogens (tertiary/aromatic N) is 1. The third-order valence-corrected chi connectivity index (χ3v) is 4.19. The lowest BCUT2D eigenvalue weighted by Gasteiger charge is -2.10. The number of nitro groups is 1. The number of halogens is 3. The molecule has 26 heavy (non-hydrogen) atoms. The van der Waals surface area contributed by atoms with Gasteiger partial charge in [0.25, 0.3) is 11.6 Å². The number of carbonyl (C=O) groups is 2.